The van der Waals surface area contributed by atoms with Crippen molar-refractivity contribution in [1.29, 1.82) is 0 Å². The number of rotatable bonds is 6. The molecular weight excluding hydrogens is 202 g/mol. The monoisotopic (exact) mass is 229 g/mol. The van der Waals surface area contributed by atoms with Crippen molar-refractivity contribution in [1.82, 2.24) is 5.32 Å². The summed E-state index contributed by atoms with van der Waals surface area (Å²) in [6, 6.07) is 0.989. The lowest BCUT2D eigenvalue weighted by Crippen LogP contribution is -2.45. The maximum absolute atomic E-state index is 5.49. The summed E-state index contributed by atoms with van der Waals surface area (Å²) in [7, 11) is 3.59. The second-order valence-electron chi connectivity index (χ2n) is 5.55. The molecule has 1 saturated carbocycles. The molecule has 1 fully saturated rings. The summed E-state index contributed by atoms with van der Waals surface area (Å²) in [5, 5.41) is 3.67. The van der Waals surface area contributed by atoms with E-state index < -0.39 is 0 Å². The maximum atomic E-state index is 5.49. The highest BCUT2D eigenvalue weighted by molar-refractivity contribution is 4.87. The molecule has 0 heterocycles. The van der Waals surface area contributed by atoms with Crippen molar-refractivity contribution >= 4 is 0 Å². The van der Waals surface area contributed by atoms with E-state index in [0.717, 1.165) is 6.42 Å². The van der Waals surface area contributed by atoms with E-state index in [-0.39, 0.29) is 5.60 Å². The van der Waals surface area contributed by atoms with Crippen LogP contribution < -0.4 is 5.32 Å². The quantitative estimate of drug-likeness (QED) is 0.758. The van der Waals surface area contributed by atoms with Crippen molar-refractivity contribution in [2.75, 3.05) is 14.2 Å². The Bertz CT molecular complexity index is 206. The molecule has 96 valence electrons. The molecule has 0 aliphatic heterocycles. The van der Waals surface area contributed by atoms with E-state index >= 15 is 0 Å². The molecule has 0 bridgehead atoms. The molecule has 3 unspecified atom stereocenters. The number of methoxy groups -OCH3 is 2. The number of hydrogen-bond acceptors (Lipinski definition) is 3. The van der Waals surface area contributed by atoms with Crippen LogP contribution in [0.2, 0.25) is 0 Å². The Balaban J connectivity index is 2.36. The third-order valence-corrected chi connectivity index (χ3v) is 3.60. The van der Waals surface area contributed by atoms with Crippen molar-refractivity contribution in [2.45, 2.75) is 70.2 Å². The van der Waals surface area contributed by atoms with Crippen molar-refractivity contribution in [3.63, 3.8) is 0 Å². The first-order chi connectivity index (χ1) is 7.48. The Hall–Kier alpha value is -0.120. The molecule has 0 aromatic heterocycles. The molecule has 0 aromatic carbocycles. The SMILES string of the molecule is COC1CCCC1NC(C)CC(C)(C)OC. The molecule has 3 nitrogen and oxygen atoms in total. The first kappa shape index (κ1) is 13.9. The fraction of sp³-hybridized carbons (Fsp3) is 1.00. The summed E-state index contributed by atoms with van der Waals surface area (Å²) in [5.41, 5.74) is -0.0480. The minimum Gasteiger partial charge on any atom is -0.380 e. The molecule has 0 amide bonds. The fourth-order valence-corrected chi connectivity index (χ4v) is 2.64. The maximum Gasteiger partial charge on any atom is 0.0724 e. The molecule has 3 heteroatoms. The van der Waals surface area contributed by atoms with Crippen LogP contribution in [-0.4, -0.2) is 38.0 Å². The van der Waals surface area contributed by atoms with E-state index in [2.05, 4.69) is 26.1 Å². The van der Waals surface area contributed by atoms with E-state index in [4.69, 9.17) is 9.47 Å². The standard InChI is InChI=1S/C13H27NO2/c1-10(9-13(2,3)16-5)14-11-7-6-8-12(11)15-4/h10-12,14H,6-9H2,1-5H3. The molecule has 0 spiro atoms. The van der Waals surface area contributed by atoms with Crippen molar-refractivity contribution < 1.29 is 9.47 Å². The average Bonchev–Trinajstić information content (AvgIpc) is 2.64. The van der Waals surface area contributed by atoms with Crippen molar-refractivity contribution in [3.05, 3.63) is 0 Å². The van der Waals surface area contributed by atoms with Gasteiger partial charge in [0.2, 0.25) is 0 Å². The zero-order valence-electron chi connectivity index (χ0n) is 11.4. The van der Waals surface area contributed by atoms with E-state index in [1.165, 1.54) is 19.3 Å². The van der Waals surface area contributed by atoms with Crippen LogP contribution in [0.3, 0.4) is 0 Å². The molecule has 3 atom stereocenters. The Morgan fingerprint density at radius 3 is 2.56 bits per heavy atom. The van der Waals surface area contributed by atoms with E-state index in [9.17, 15) is 0 Å². The molecule has 0 aromatic rings. The van der Waals surface area contributed by atoms with Gasteiger partial charge in [0.1, 0.15) is 0 Å². The van der Waals surface area contributed by atoms with Gasteiger partial charge < -0.3 is 14.8 Å². The van der Waals surface area contributed by atoms with E-state index in [1.807, 2.05) is 7.11 Å². The third-order valence-electron chi connectivity index (χ3n) is 3.60. The molecule has 16 heavy (non-hydrogen) atoms. The van der Waals surface area contributed by atoms with E-state index in [0.29, 0.717) is 18.2 Å². The van der Waals surface area contributed by atoms with Crippen LogP contribution in [0.4, 0.5) is 0 Å². The van der Waals surface area contributed by atoms with Crippen LogP contribution in [-0.2, 0) is 9.47 Å². The van der Waals surface area contributed by atoms with Gasteiger partial charge in [0, 0.05) is 26.3 Å². The Labute approximate surface area is 99.9 Å². The number of nitrogens with one attached hydrogen (secondary N) is 1. The van der Waals surface area contributed by atoms with Crippen LogP contribution in [0, 0.1) is 0 Å². The predicted molar refractivity (Wildman–Crippen MR) is 66.7 cm³/mol. The molecule has 0 saturated heterocycles. The van der Waals surface area contributed by atoms with Gasteiger partial charge in [-0.2, -0.15) is 0 Å². The lowest BCUT2D eigenvalue weighted by atomic mass is 9.99. The molecule has 0 radical (unpaired) electrons. The van der Waals surface area contributed by atoms with Crippen LogP contribution in [0.1, 0.15) is 46.5 Å². The smallest absolute Gasteiger partial charge is 0.0724 e. The van der Waals surface area contributed by atoms with Gasteiger partial charge in [-0.25, -0.2) is 0 Å². The topological polar surface area (TPSA) is 30.5 Å². The molecule has 1 rings (SSSR count). The zero-order valence-corrected chi connectivity index (χ0v) is 11.4. The molecule has 1 aliphatic carbocycles. The first-order valence-corrected chi connectivity index (χ1v) is 6.32. The van der Waals surface area contributed by atoms with Gasteiger partial charge in [0.05, 0.1) is 11.7 Å². The van der Waals surface area contributed by atoms with Crippen LogP contribution in [0.5, 0.6) is 0 Å². The summed E-state index contributed by atoms with van der Waals surface area (Å²) < 4.78 is 10.9. The van der Waals surface area contributed by atoms with Gasteiger partial charge in [-0.15, -0.1) is 0 Å². The minimum atomic E-state index is -0.0480. The molecule has 1 aliphatic rings. The summed E-state index contributed by atoms with van der Waals surface area (Å²) in [6.45, 7) is 6.49. The third kappa shape index (κ3) is 4.04. The van der Waals surface area contributed by atoms with Crippen LogP contribution in [0.25, 0.3) is 0 Å². The van der Waals surface area contributed by atoms with Gasteiger partial charge in [-0.3, -0.25) is 0 Å². The highest BCUT2D eigenvalue weighted by Crippen LogP contribution is 2.23. The zero-order chi connectivity index (χ0) is 12.2. The second-order valence-corrected chi connectivity index (χ2v) is 5.55. The number of hydrogen-bond donors (Lipinski definition) is 1. The van der Waals surface area contributed by atoms with Gasteiger partial charge >= 0.3 is 0 Å². The first-order valence-electron chi connectivity index (χ1n) is 6.32. The Morgan fingerprint density at radius 2 is 2.00 bits per heavy atom. The largest absolute Gasteiger partial charge is 0.380 e. The van der Waals surface area contributed by atoms with Crippen LogP contribution in [0.15, 0.2) is 0 Å². The van der Waals surface area contributed by atoms with Crippen molar-refractivity contribution in [2.24, 2.45) is 0 Å². The average molecular weight is 229 g/mol. The lowest BCUT2D eigenvalue weighted by molar-refractivity contribution is 0.00483. The Kier molecular flexibility index (Phi) is 5.22. The number of ether oxygens (including phenoxy) is 2. The lowest BCUT2D eigenvalue weighted by Gasteiger charge is -2.30. The minimum absolute atomic E-state index is 0.0480. The summed E-state index contributed by atoms with van der Waals surface area (Å²) in [4.78, 5) is 0. The second kappa shape index (κ2) is 5.99. The highest BCUT2D eigenvalue weighted by Gasteiger charge is 2.29. The predicted octanol–water partition coefficient (Wildman–Crippen LogP) is 2.35. The van der Waals surface area contributed by atoms with Gasteiger partial charge in [-0.1, -0.05) is 0 Å². The van der Waals surface area contributed by atoms with Crippen LogP contribution >= 0.6 is 0 Å². The molecule has 1 N–H and O–H groups in total. The fourth-order valence-electron chi connectivity index (χ4n) is 2.64. The van der Waals surface area contributed by atoms with Gasteiger partial charge in [0.15, 0.2) is 0 Å². The van der Waals surface area contributed by atoms with Gasteiger partial charge in [0.25, 0.3) is 0 Å². The van der Waals surface area contributed by atoms with Gasteiger partial charge in [-0.05, 0) is 46.5 Å². The highest BCUT2D eigenvalue weighted by atomic mass is 16.5. The summed E-state index contributed by atoms with van der Waals surface area (Å²) in [6.07, 6.45) is 5.12. The molecular formula is C13H27NO2. The Morgan fingerprint density at radius 1 is 1.31 bits per heavy atom. The summed E-state index contributed by atoms with van der Waals surface area (Å²) in [5.74, 6) is 0. The normalized spacial score (nSPS) is 28.3. The van der Waals surface area contributed by atoms with Crippen molar-refractivity contribution in [3.8, 4) is 0 Å². The van der Waals surface area contributed by atoms with E-state index in [1.54, 1.807) is 7.11 Å². The summed E-state index contributed by atoms with van der Waals surface area (Å²) >= 11 is 0.